The number of nitrogens with one attached hydrogen (secondary N) is 1. The number of rotatable bonds is 9. The van der Waals surface area contributed by atoms with Gasteiger partial charge in [0.1, 0.15) is 5.82 Å². The van der Waals surface area contributed by atoms with E-state index in [4.69, 9.17) is 0 Å². The molecule has 1 atom stereocenters. The van der Waals surface area contributed by atoms with Crippen molar-refractivity contribution in [1.82, 2.24) is 30.2 Å². The predicted molar refractivity (Wildman–Crippen MR) is 123 cm³/mol. The minimum atomic E-state index is -1.13. The summed E-state index contributed by atoms with van der Waals surface area (Å²) in [4.78, 5) is 16.1. The van der Waals surface area contributed by atoms with Crippen molar-refractivity contribution >= 4 is 5.97 Å². The Kier molecular flexibility index (Phi) is 6.60. The minimum Gasteiger partial charge on any atom is -0.476 e. The van der Waals surface area contributed by atoms with Crippen molar-refractivity contribution < 1.29 is 15.0 Å². The third-order valence-electron chi connectivity index (χ3n) is 5.56. The lowest BCUT2D eigenvalue weighted by Gasteiger charge is -2.15. The first-order valence-corrected chi connectivity index (χ1v) is 10.9. The number of nitrogens with zero attached hydrogens (tertiary/aromatic N) is 5. The van der Waals surface area contributed by atoms with Crippen molar-refractivity contribution in [3.05, 3.63) is 71.3 Å². The summed E-state index contributed by atoms with van der Waals surface area (Å²) in [6, 6.07) is 15.9. The van der Waals surface area contributed by atoms with Gasteiger partial charge in [-0.05, 0) is 35.2 Å². The number of aromatic carboxylic acids is 1. The largest absolute Gasteiger partial charge is 0.476 e. The third kappa shape index (κ3) is 4.68. The Bertz CT molecular complexity index is 1230. The zero-order chi connectivity index (χ0) is 23.4. The van der Waals surface area contributed by atoms with Crippen LogP contribution in [0.15, 0.2) is 48.5 Å². The van der Waals surface area contributed by atoms with E-state index in [0.29, 0.717) is 30.3 Å². The minimum absolute atomic E-state index is 0.0817. The van der Waals surface area contributed by atoms with Gasteiger partial charge in [0, 0.05) is 18.5 Å². The summed E-state index contributed by atoms with van der Waals surface area (Å²) in [7, 11) is 0. The number of aromatic nitrogens is 6. The van der Waals surface area contributed by atoms with Crippen LogP contribution >= 0.6 is 0 Å². The number of hydrogen-bond acceptors (Lipinski definition) is 6. The van der Waals surface area contributed by atoms with Gasteiger partial charge < -0.3 is 14.8 Å². The molecule has 0 aliphatic rings. The van der Waals surface area contributed by atoms with Gasteiger partial charge in [0.2, 0.25) is 5.82 Å². The Morgan fingerprint density at radius 1 is 1.12 bits per heavy atom. The molecule has 3 N–H and O–H groups in total. The van der Waals surface area contributed by atoms with E-state index in [1.165, 1.54) is 0 Å². The second kappa shape index (κ2) is 9.74. The maximum absolute atomic E-state index is 11.7. The summed E-state index contributed by atoms with van der Waals surface area (Å²) in [5, 5.41) is 34.3. The van der Waals surface area contributed by atoms with E-state index in [0.717, 1.165) is 35.1 Å². The van der Waals surface area contributed by atoms with Gasteiger partial charge in [0.05, 0.1) is 11.8 Å². The Morgan fingerprint density at radius 2 is 1.85 bits per heavy atom. The van der Waals surface area contributed by atoms with E-state index < -0.39 is 12.1 Å². The Hall–Kier alpha value is -3.85. The number of benzene rings is 2. The van der Waals surface area contributed by atoms with Crippen LogP contribution in [0.1, 0.15) is 60.4 Å². The van der Waals surface area contributed by atoms with Crippen molar-refractivity contribution in [1.29, 1.82) is 0 Å². The van der Waals surface area contributed by atoms with E-state index in [-0.39, 0.29) is 5.69 Å². The zero-order valence-corrected chi connectivity index (χ0v) is 18.6. The van der Waals surface area contributed by atoms with Crippen LogP contribution in [-0.4, -0.2) is 46.4 Å². The normalized spacial score (nSPS) is 12.1. The number of aliphatic hydroxyl groups is 1. The van der Waals surface area contributed by atoms with Crippen LogP contribution in [0.2, 0.25) is 0 Å². The topological polar surface area (TPSA) is 130 Å². The maximum atomic E-state index is 11.7. The highest BCUT2D eigenvalue weighted by Crippen LogP contribution is 2.30. The van der Waals surface area contributed by atoms with Crippen molar-refractivity contribution in [3.8, 4) is 22.5 Å². The zero-order valence-electron chi connectivity index (χ0n) is 18.6. The number of carboxylic acid groups (broad SMARTS) is 1. The summed E-state index contributed by atoms with van der Waals surface area (Å²) in [5.74, 6) is 0.0731. The molecule has 0 fully saturated rings. The van der Waals surface area contributed by atoms with Crippen LogP contribution in [-0.2, 0) is 13.0 Å². The standard InChI is InChI=1S/C24H26N6O3/c1-3-4-9-20-25-21(24(32)33)22(15(2)31)30(20)14-16-10-12-17(13-11-16)18-7-5-6-8-19(18)23-26-28-29-27-23/h5-8,10-13,15,31H,3-4,9,14H2,1-2H3,(H,32,33)(H,26,27,28,29). The van der Waals surface area contributed by atoms with E-state index >= 15 is 0 Å². The summed E-state index contributed by atoms with van der Waals surface area (Å²) >= 11 is 0. The lowest BCUT2D eigenvalue weighted by atomic mass is 9.98. The van der Waals surface area contributed by atoms with Crippen molar-refractivity contribution in [2.24, 2.45) is 0 Å². The number of aryl methyl sites for hydroxylation is 1. The number of hydrogen-bond donors (Lipinski definition) is 3. The average molecular weight is 447 g/mol. The van der Waals surface area contributed by atoms with Gasteiger partial charge in [-0.2, -0.15) is 5.21 Å². The Balaban J connectivity index is 1.68. The second-order valence-corrected chi connectivity index (χ2v) is 7.91. The van der Waals surface area contributed by atoms with Crippen molar-refractivity contribution in [3.63, 3.8) is 0 Å². The molecule has 0 bridgehead atoms. The molecule has 0 spiro atoms. The lowest BCUT2D eigenvalue weighted by Crippen LogP contribution is -2.13. The molecule has 4 aromatic rings. The fraction of sp³-hybridized carbons (Fsp3) is 0.292. The number of unbranched alkanes of at least 4 members (excludes halogenated alkanes) is 1. The molecule has 9 nitrogen and oxygen atoms in total. The number of aliphatic hydroxyl groups excluding tert-OH is 1. The summed E-state index contributed by atoms with van der Waals surface area (Å²) in [5.41, 5.74) is 4.08. The number of aromatic amines is 1. The summed E-state index contributed by atoms with van der Waals surface area (Å²) < 4.78 is 1.84. The SMILES string of the molecule is CCCCc1nc(C(=O)O)c(C(C)O)n1Cc1ccc(-c2ccccc2-c2nn[nH]n2)cc1. The summed E-state index contributed by atoms with van der Waals surface area (Å²) in [6.07, 6.45) is 1.56. The molecule has 0 aliphatic carbocycles. The number of imidazole rings is 1. The Morgan fingerprint density at radius 3 is 2.45 bits per heavy atom. The predicted octanol–water partition coefficient (Wildman–Crippen LogP) is 3.87. The molecule has 0 saturated carbocycles. The van der Waals surface area contributed by atoms with E-state index in [9.17, 15) is 15.0 Å². The molecule has 0 saturated heterocycles. The second-order valence-electron chi connectivity index (χ2n) is 7.91. The number of H-pyrrole nitrogens is 1. The lowest BCUT2D eigenvalue weighted by molar-refractivity contribution is 0.0683. The molecule has 0 amide bonds. The van der Waals surface area contributed by atoms with E-state index in [1.54, 1.807) is 6.92 Å². The van der Waals surface area contributed by atoms with Crippen molar-refractivity contribution in [2.75, 3.05) is 0 Å². The molecular formula is C24H26N6O3. The fourth-order valence-corrected chi connectivity index (χ4v) is 3.97. The number of tetrazole rings is 1. The molecule has 1 unspecified atom stereocenters. The molecule has 2 aromatic carbocycles. The van der Waals surface area contributed by atoms with Gasteiger partial charge in [0.25, 0.3) is 0 Å². The molecule has 4 rings (SSSR count). The smallest absolute Gasteiger partial charge is 0.356 e. The molecule has 2 heterocycles. The number of carboxylic acids is 1. The molecule has 0 radical (unpaired) electrons. The molecule has 9 heteroatoms. The fourth-order valence-electron chi connectivity index (χ4n) is 3.97. The van der Waals surface area contributed by atoms with Crippen LogP contribution in [0.25, 0.3) is 22.5 Å². The van der Waals surface area contributed by atoms with Crippen LogP contribution in [0.3, 0.4) is 0 Å². The highest BCUT2D eigenvalue weighted by atomic mass is 16.4. The van der Waals surface area contributed by atoms with Crippen LogP contribution in [0.5, 0.6) is 0 Å². The monoisotopic (exact) mass is 446 g/mol. The van der Waals surface area contributed by atoms with E-state index in [2.05, 4.69) is 32.5 Å². The van der Waals surface area contributed by atoms with E-state index in [1.807, 2.05) is 53.1 Å². The highest BCUT2D eigenvalue weighted by Gasteiger charge is 2.25. The maximum Gasteiger partial charge on any atom is 0.356 e. The average Bonchev–Trinajstić information content (AvgIpc) is 3.47. The molecule has 170 valence electrons. The first-order valence-electron chi connectivity index (χ1n) is 10.9. The summed E-state index contributed by atoms with van der Waals surface area (Å²) in [6.45, 7) is 4.07. The molecule has 33 heavy (non-hydrogen) atoms. The third-order valence-corrected chi connectivity index (χ3v) is 5.56. The van der Waals surface area contributed by atoms with Gasteiger partial charge >= 0.3 is 5.97 Å². The molecule has 2 aromatic heterocycles. The van der Waals surface area contributed by atoms with Gasteiger partial charge in [-0.1, -0.05) is 61.9 Å². The quantitative estimate of drug-likeness (QED) is 0.356. The van der Waals surface area contributed by atoms with Gasteiger partial charge in [0.15, 0.2) is 5.69 Å². The van der Waals surface area contributed by atoms with Gasteiger partial charge in [-0.15, -0.1) is 10.2 Å². The van der Waals surface area contributed by atoms with Gasteiger partial charge in [-0.3, -0.25) is 0 Å². The van der Waals surface area contributed by atoms with Crippen LogP contribution in [0.4, 0.5) is 0 Å². The Labute approximate surface area is 191 Å². The van der Waals surface area contributed by atoms with Crippen molar-refractivity contribution in [2.45, 2.75) is 45.8 Å². The van der Waals surface area contributed by atoms with Gasteiger partial charge in [-0.25, -0.2) is 9.78 Å². The van der Waals surface area contributed by atoms with Crippen LogP contribution < -0.4 is 0 Å². The molecule has 0 aliphatic heterocycles. The number of carbonyl (C=O) groups is 1. The first kappa shape index (κ1) is 22.3. The van der Waals surface area contributed by atoms with Crippen LogP contribution in [0, 0.1) is 0 Å². The molecular weight excluding hydrogens is 420 g/mol. The first-order chi connectivity index (χ1) is 16.0. The highest BCUT2D eigenvalue weighted by molar-refractivity contribution is 5.87.